The lowest BCUT2D eigenvalue weighted by Gasteiger charge is -2.14. The average Bonchev–Trinajstić information content (AvgIpc) is 1.98. The van der Waals surface area contributed by atoms with E-state index >= 15 is 0 Å². The summed E-state index contributed by atoms with van der Waals surface area (Å²) >= 11 is 0. The molecule has 0 heterocycles. The molecule has 0 aromatic heterocycles. The van der Waals surface area contributed by atoms with Gasteiger partial charge < -0.3 is 16.2 Å². The van der Waals surface area contributed by atoms with Crippen molar-refractivity contribution in [2.24, 2.45) is 5.73 Å². The second-order valence-corrected chi connectivity index (χ2v) is 3.04. The predicted molar refractivity (Wildman–Crippen MR) is 47.6 cm³/mol. The van der Waals surface area contributed by atoms with Crippen molar-refractivity contribution in [2.75, 3.05) is 6.61 Å². The lowest BCUT2D eigenvalue weighted by Crippen LogP contribution is -2.39. The molecule has 4 nitrogen and oxygen atoms in total. The Labute approximate surface area is 73.1 Å². The minimum absolute atomic E-state index is 0.0127. The number of nitrogens with two attached hydrogens (primary N) is 1. The highest BCUT2D eigenvalue weighted by Crippen LogP contribution is 1.92. The number of nitrogens with one attached hydrogen (secondary N) is 1. The first-order valence-electron chi connectivity index (χ1n) is 4.26. The third-order valence-corrected chi connectivity index (χ3v) is 1.59. The Balaban J connectivity index is 3.66. The van der Waals surface area contributed by atoms with Crippen LogP contribution < -0.4 is 11.1 Å². The Bertz CT molecular complexity index is 133. The zero-order chi connectivity index (χ0) is 9.56. The summed E-state index contributed by atoms with van der Waals surface area (Å²) in [6.45, 7) is 3.67. The maximum Gasteiger partial charge on any atom is 0.221 e. The molecule has 0 fully saturated rings. The van der Waals surface area contributed by atoms with E-state index in [4.69, 9.17) is 10.8 Å². The van der Waals surface area contributed by atoms with Crippen LogP contribution >= 0.6 is 0 Å². The fraction of sp³-hybridized carbons (Fsp3) is 0.875. The van der Waals surface area contributed by atoms with Gasteiger partial charge in [-0.25, -0.2) is 0 Å². The van der Waals surface area contributed by atoms with Crippen LogP contribution in [-0.4, -0.2) is 29.7 Å². The van der Waals surface area contributed by atoms with Gasteiger partial charge in [0.1, 0.15) is 0 Å². The van der Waals surface area contributed by atoms with Crippen molar-refractivity contribution in [1.82, 2.24) is 5.32 Å². The molecule has 0 aliphatic heterocycles. The van der Waals surface area contributed by atoms with Crippen molar-refractivity contribution >= 4 is 5.91 Å². The molecule has 72 valence electrons. The fourth-order valence-electron chi connectivity index (χ4n) is 0.856. The molecule has 4 heteroatoms. The van der Waals surface area contributed by atoms with Gasteiger partial charge in [0.2, 0.25) is 5.91 Å². The van der Waals surface area contributed by atoms with Crippen molar-refractivity contribution < 1.29 is 9.90 Å². The Hall–Kier alpha value is -0.610. The quantitative estimate of drug-likeness (QED) is 0.531. The molecule has 0 rings (SSSR count). The lowest BCUT2D eigenvalue weighted by atomic mass is 10.2. The summed E-state index contributed by atoms with van der Waals surface area (Å²) in [6.07, 6.45) is 1.05. The minimum Gasteiger partial charge on any atom is -0.394 e. The lowest BCUT2D eigenvalue weighted by molar-refractivity contribution is -0.122. The average molecular weight is 174 g/mol. The van der Waals surface area contributed by atoms with Crippen LogP contribution in [0.4, 0.5) is 0 Å². The molecule has 4 N–H and O–H groups in total. The van der Waals surface area contributed by atoms with Gasteiger partial charge >= 0.3 is 0 Å². The number of amides is 1. The SMILES string of the molecule is CC[C@@H](CO)NC(=O)CC(C)N. The maximum absolute atomic E-state index is 11.1. The summed E-state index contributed by atoms with van der Waals surface area (Å²) in [5.74, 6) is -0.0918. The van der Waals surface area contributed by atoms with Gasteiger partial charge in [-0.1, -0.05) is 6.92 Å². The third kappa shape index (κ3) is 5.09. The molecule has 0 radical (unpaired) electrons. The molecule has 0 saturated carbocycles. The number of rotatable bonds is 5. The van der Waals surface area contributed by atoms with Gasteiger partial charge in [-0.15, -0.1) is 0 Å². The summed E-state index contributed by atoms with van der Waals surface area (Å²) in [5.41, 5.74) is 5.43. The standard InChI is InChI=1S/C8H18N2O2/c1-3-7(5-11)10-8(12)4-6(2)9/h6-7,11H,3-5,9H2,1-2H3,(H,10,12)/t6?,7-/m0/s1. The van der Waals surface area contributed by atoms with Gasteiger partial charge in [0.05, 0.1) is 12.6 Å². The largest absolute Gasteiger partial charge is 0.394 e. The van der Waals surface area contributed by atoms with Gasteiger partial charge in [0.15, 0.2) is 0 Å². The Morgan fingerprint density at radius 2 is 2.25 bits per heavy atom. The zero-order valence-electron chi connectivity index (χ0n) is 7.71. The highest BCUT2D eigenvalue weighted by Gasteiger charge is 2.09. The van der Waals surface area contributed by atoms with Gasteiger partial charge in [0, 0.05) is 12.5 Å². The Kier molecular flexibility index (Phi) is 5.66. The van der Waals surface area contributed by atoms with Crippen molar-refractivity contribution in [3.8, 4) is 0 Å². The summed E-state index contributed by atoms with van der Waals surface area (Å²) in [4.78, 5) is 11.1. The topological polar surface area (TPSA) is 75.3 Å². The number of hydrogen-bond donors (Lipinski definition) is 3. The van der Waals surface area contributed by atoms with Crippen LogP contribution in [0.25, 0.3) is 0 Å². The van der Waals surface area contributed by atoms with Crippen LogP contribution in [0.5, 0.6) is 0 Å². The number of hydrogen-bond acceptors (Lipinski definition) is 3. The van der Waals surface area contributed by atoms with E-state index in [1.54, 1.807) is 6.92 Å². The monoisotopic (exact) mass is 174 g/mol. The van der Waals surface area contributed by atoms with E-state index in [2.05, 4.69) is 5.32 Å². The molecule has 0 aromatic carbocycles. The van der Waals surface area contributed by atoms with Crippen LogP contribution in [-0.2, 0) is 4.79 Å². The number of carbonyl (C=O) groups excluding carboxylic acids is 1. The highest BCUT2D eigenvalue weighted by molar-refractivity contribution is 5.76. The Morgan fingerprint density at radius 3 is 2.58 bits per heavy atom. The van der Waals surface area contributed by atoms with E-state index < -0.39 is 0 Å². The van der Waals surface area contributed by atoms with Crippen LogP contribution in [0.3, 0.4) is 0 Å². The summed E-state index contributed by atoms with van der Waals surface area (Å²) in [7, 11) is 0. The molecule has 1 amide bonds. The molecule has 0 aliphatic rings. The van der Waals surface area contributed by atoms with E-state index in [0.29, 0.717) is 6.42 Å². The van der Waals surface area contributed by atoms with Crippen molar-refractivity contribution in [1.29, 1.82) is 0 Å². The number of carbonyl (C=O) groups is 1. The highest BCUT2D eigenvalue weighted by atomic mass is 16.3. The molecule has 12 heavy (non-hydrogen) atoms. The molecule has 0 aromatic rings. The van der Waals surface area contributed by atoms with E-state index in [1.165, 1.54) is 0 Å². The molecule has 2 atom stereocenters. The first kappa shape index (κ1) is 11.4. The molecule has 0 saturated heterocycles. The van der Waals surface area contributed by atoms with E-state index in [1.807, 2.05) is 6.92 Å². The predicted octanol–water partition coefficient (Wildman–Crippen LogP) is -0.389. The minimum atomic E-state index is -0.128. The zero-order valence-corrected chi connectivity index (χ0v) is 7.71. The number of aliphatic hydroxyl groups excluding tert-OH is 1. The van der Waals surface area contributed by atoms with E-state index in [-0.39, 0.29) is 24.6 Å². The normalized spacial score (nSPS) is 15.3. The van der Waals surface area contributed by atoms with Crippen LogP contribution in [0.15, 0.2) is 0 Å². The van der Waals surface area contributed by atoms with Crippen LogP contribution in [0.1, 0.15) is 26.7 Å². The van der Waals surface area contributed by atoms with Gasteiger partial charge in [-0.3, -0.25) is 4.79 Å². The van der Waals surface area contributed by atoms with Gasteiger partial charge in [0.25, 0.3) is 0 Å². The molecular weight excluding hydrogens is 156 g/mol. The first-order valence-corrected chi connectivity index (χ1v) is 4.26. The first-order chi connectivity index (χ1) is 5.60. The van der Waals surface area contributed by atoms with E-state index in [0.717, 1.165) is 6.42 Å². The number of aliphatic hydroxyl groups is 1. The molecule has 1 unspecified atom stereocenters. The van der Waals surface area contributed by atoms with Crippen molar-refractivity contribution in [2.45, 2.75) is 38.8 Å². The molecular formula is C8H18N2O2. The smallest absolute Gasteiger partial charge is 0.221 e. The van der Waals surface area contributed by atoms with Crippen molar-refractivity contribution in [3.05, 3.63) is 0 Å². The van der Waals surface area contributed by atoms with Crippen LogP contribution in [0.2, 0.25) is 0 Å². The second-order valence-electron chi connectivity index (χ2n) is 3.04. The maximum atomic E-state index is 11.1. The second kappa shape index (κ2) is 5.97. The molecule has 0 bridgehead atoms. The fourth-order valence-corrected chi connectivity index (χ4v) is 0.856. The molecule has 0 aliphatic carbocycles. The van der Waals surface area contributed by atoms with E-state index in [9.17, 15) is 4.79 Å². The van der Waals surface area contributed by atoms with Crippen LogP contribution in [0, 0.1) is 0 Å². The van der Waals surface area contributed by atoms with Gasteiger partial charge in [-0.2, -0.15) is 0 Å². The van der Waals surface area contributed by atoms with Crippen molar-refractivity contribution in [3.63, 3.8) is 0 Å². The third-order valence-electron chi connectivity index (χ3n) is 1.59. The van der Waals surface area contributed by atoms with Gasteiger partial charge in [-0.05, 0) is 13.3 Å². The summed E-state index contributed by atoms with van der Waals surface area (Å²) < 4.78 is 0. The summed E-state index contributed by atoms with van der Waals surface area (Å²) in [5, 5.41) is 11.4. The Morgan fingerprint density at radius 1 is 1.67 bits per heavy atom. The summed E-state index contributed by atoms with van der Waals surface area (Å²) in [6, 6.07) is -0.252. The molecule has 0 spiro atoms.